The highest BCUT2D eigenvalue weighted by Crippen LogP contribution is 2.18. The van der Waals surface area contributed by atoms with Crippen LogP contribution in [0.4, 0.5) is 4.39 Å². The molecule has 1 aromatic carbocycles. The van der Waals surface area contributed by atoms with Crippen LogP contribution in [0.15, 0.2) is 18.2 Å². The van der Waals surface area contributed by atoms with Crippen LogP contribution in [0.3, 0.4) is 0 Å². The van der Waals surface area contributed by atoms with Gasteiger partial charge in [0.25, 0.3) is 0 Å². The van der Waals surface area contributed by atoms with Gasteiger partial charge in [0, 0.05) is 14.2 Å². The fourth-order valence-corrected chi connectivity index (χ4v) is 2.14. The summed E-state index contributed by atoms with van der Waals surface area (Å²) in [7, 11) is 3.21. The molecule has 1 N–H and O–H groups in total. The van der Waals surface area contributed by atoms with Crippen molar-refractivity contribution in [2.45, 2.75) is 32.1 Å². The molecule has 3 nitrogen and oxygen atoms in total. The number of halogens is 2. The number of hydrogen-bond acceptors (Lipinski definition) is 3. The lowest BCUT2D eigenvalue weighted by Gasteiger charge is -2.26. The van der Waals surface area contributed by atoms with Gasteiger partial charge in [-0.1, -0.05) is 24.6 Å². The molecule has 0 bridgehead atoms. The summed E-state index contributed by atoms with van der Waals surface area (Å²) in [5, 5.41) is 3.50. The molecule has 19 heavy (non-hydrogen) atoms. The third-order valence-corrected chi connectivity index (χ3v) is 3.18. The summed E-state index contributed by atoms with van der Waals surface area (Å²) in [5.41, 5.74) is 0.944. The Morgan fingerprint density at radius 2 is 2.00 bits per heavy atom. The molecule has 1 unspecified atom stereocenters. The van der Waals surface area contributed by atoms with Gasteiger partial charge >= 0.3 is 0 Å². The van der Waals surface area contributed by atoms with Crippen molar-refractivity contribution in [1.29, 1.82) is 0 Å². The van der Waals surface area contributed by atoms with E-state index in [-0.39, 0.29) is 17.4 Å². The molecule has 1 rings (SSSR count). The number of hydrogen-bond donors (Lipinski definition) is 1. The molecule has 0 saturated heterocycles. The van der Waals surface area contributed by atoms with Gasteiger partial charge in [0.15, 0.2) is 6.29 Å². The quantitative estimate of drug-likeness (QED) is 0.746. The van der Waals surface area contributed by atoms with Gasteiger partial charge in [-0.3, -0.25) is 0 Å². The average Bonchev–Trinajstić information content (AvgIpc) is 2.41. The van der Waals surface area contributed by atoms with Gasteiger partial charge in [-0.25, -0.2) is 4.39 Å². The Balaban J connectivity index is 2.77. The third kappa shape index (κ3) is 5.07. The van der Waals surface area contributed by atoms with Crippen molar-refractivity contribution in [3.8, 4) is 0 Å². The molecule has 1 aromatic rings. The van der Waals surface area contributed by atoms with Crippen molar-refractivity contribution in [3.63, 3.8) is 0 Å². The van der Waals surface area contributed by atoms with Gasteiger partial charge in [0.05, 0.1) is 11.1 Å². The van der Waals surface area contributed by atoms with E-state index in [2.05, 4.69) is 12.2 Å². The molecule has 0 aliphatic rings. The summed E-state index contributed by atoms with van der Waals surface area (Å²) in [5.74, 6) is -0.404. The molecule has 108 valence electrons. The molecule has 5 heteroatoms. The SMILES string of the molecule is CCCNC(Cc1ccc(F)c(Cl)c1)C(OC)OC. The maximum Gasteiger partial charge on any atom is 0.172 e. The van der Waals surface area contributed by atoms with Crippen LogP contribution in [0, 0.1) is 5.82 Å². The summed E-state index contributed by atoms with van der Waals surface area (Å²) in [6.07, 6.45) is 1.32. The number of benzene rings is 1. The second kappa shape index (κ2) is 8.48. The standard InChI is InChI=1S/C14H21ClFNO2/c1-4-7-17-13(14(18-2)19-3)9-10-5-6-12(16)11(15)8-10/h5-6,8,13-14,17H,4,7,9H2,1-3H3. The van der Waals surface area contributed by atoms with E-state index in [0.29, 0.717) is 6.42 Å². The van der Waals surface area contributed by atoms with Crippen LogP contribution in [0.5, 0.6) is 0 Å². The first kappa shape index (κ1) is 16.4. The highest BCUT2D eigenvalue weighted by Gasteiger charge is 2.20. The predicted octanol–water partition coefficient (Wildman–Crippen LogP) is 3.01. The Morgan fingerprint density at radius 3 is 2.53 bits per heavy atom. The minimum Gasteiger partial charge on any atom is -0.354 e. The van der Waals surface area contributed by atoms with Crippen molar-refractivity contribution in [1.82, 2.24) is 5.32 Å². The number of methoxy groups -OCH3 is 2. The van der Waals surface area contributed by atoms with Crippen molar-refractivity contribution < 1.29 is 13.9 Å². The summed E-state index contributed by atoms with van der Waals surface area (Å²) in [6, 6.07) is 4.74. The fourth-order valence-electron chi connectivity index (χ4n) is 1.94. The first-order valence-corrected chi connectivity index (χ1v) is 6.73. The van der Waals surface area contributed by atoms with E-state index in [1.54, 1.807) is 26.4 Å². The Bertz CT molecular complexity index is 386. The highest BCUT2D eigenvalue weighted by molar-refractivity contribution is 6.30. The van der Waals surface area contributed by atoms with Gasteiger partial charge < -0.3 is 14.8 Å². The fraction of sp³-hybridized carbons (Fsp3) is 0.571. The van der Waals surface area contributed by atoms with E-state index >= 15 is 0 Å². The second-order valence-electron chi connectivity index (χ2n) is 4.35. The number of ether oxygens (including phenoxy) is 2. The monoisotopic (exact) mass is 289 g/mol. The molecule has 1 atom stereocenters. The molecule has 0 radical (unpaired) electrons. The van der Waals surface area contributed by atoms with Crippen LogP contribution in [0.2, 0.25) is 5.02 Å². The van der Waals surface area contributed by atoms with Crippen LogP contribution in [0.25, 0.3) is 0 Å². The Morgan fingerprint density at radius 1 is 1.32 bits per heavy atom. The topological polar surface area (TPSA) is 30.5 Å². The smallest absolute Gasteiger partial charge is 0.172 e. The van der Waals surface area contributed by atoms with E-state index in [1.165, 1.54) is 6.07 Å². The lowest BCUT2D eigenvalue weighted by atomic mass is 10.1. The van der Waals surface area contributed by atoms with Crippen LogP contribution in [0.1, 0.15) is 18.9 Å². The first-order chi connectivity index (χ1) is 9.12. The van der Waals surface area contributed by atoms with E-state index in [9.17, 15) is 4.39 Å². The second-order valence-corrected chi connectivity index (χ2v) is 4.76. The zero-order valence-corrected chi connectivity index (χ0v) is 12.3. The van der Waals surface area contributed by atoms with Crippen molar-refractivity contribution in [2.24, 2.45) is 0 Å². The maximum absolute atomic E-state index is 13.1. The predicted molar refractivity (Wildman–Crippen MR) is 75.0 cm³/mol. The summed E-state index contributed by atoms with van der Waals surface area (Å²) >= 11 is 5.79. The van der Waals surface area contributed by atoms with E-state index in [4.69, 9.17) is 21.1 Å². The van der Waals surface area contributed by atoms with E-state index < -0.39 is 5.82 Å². The lowest BCUT2D eigenvalue weighted by molar-refractivity contribution is -0.122. The normalized spacial score (nSPS) is 12.9. The van der Waals surface area contributed by atoms with E-state index in [0.717, 1.165) is 18.5 Å². The van der Waals surface area contributed by atoms with Gasteiger partial charge in [-0.05, 0) is 37.1 Å². The molecule has 0 spiro atoms. The summed E-state index contributed by atoms with van der Waals surface area (Å²) < 4.78 is 23.7. The Kier molecular flexibility index (Phi) is 7.31. The molecular formula is C14H21ClFNO2. The van der Waals surface area contributed by atoms with Crippen LogP contribution in [-0.2, 0) is 15.9 Å². The van der Waals surface area contributed by atoms with Crippen LogP contribution < -0.4 is 5.32 Å². The summed E-state index contributed by atoms with van der Waals surface area (Å²) in [6.45, 7) is 2.95. The average molecular weight is 290 g/mol. The highest BCUT2D eigenvalue weighted by atomic mass is 35.5. The van der Waals surface area contributed by atoms with Crippen LogP contribution in [-0.4, -0.2) is 33.1 Å². The van der Waals surface area contributed by atoms with Gasteiger partial charge in [-0.2, -0.15) is 0 Å². The molecule has 0 heterocycles. The minimum atomic E-state index is -0.404. The zero-order chi connectivity index (χ0) is 14.3. The molecule has 0 amide bonds. The van der Waals surface area contributed by atoms with Crippen LogP contribution >= 0.6 is 11.6 Å². The van der Waals surface area contributed by atoms with Gasteiger partial charge in [0.2, 0.25) is 0 Å². The maximum atomic E-state index is 13.1. The molecule has 0 aliphatic carbocycles. The van der Waals surface area contributed by atoms with Gasteiger partial charge in [0.1, 0.15) is 5.82 Å². The molecular weight excluding hydrogens is 269 g/mol. The largest absolute Gasteiger partial charge is 0.354 e. The number of rotatable bonds is 8. The van der Waals surface area contributed by atoms with E-state index in [1.807, 2.05) is 0 Å². The molecule has 0 aromatic heterocycles. The minimum absolute atomic E-state index is 0.00326. The lowest BCUT2D eigenvalue weighted by Crippen LogP contribution is -2.44. The van der Waals surface area contributed by atoms with Crippen molar-refractivity contribution >= 4 is 11.6 Å². The molecule has 0 aliphatic heterocycles. The summed E-state index contributed by atoms with van der Waals surface area (Å²) in [4.78, 5) is 0. The Labute approximate surface area is 119 Å². The Hall–Kier alpha value is -0.680. The first-order valence-electron chi connectivity index (χ1n) is 6.35. The van der Waals surface area contributed by atoms with Crippen molar-refractivity contribution in [2.75, 3.05) is 20.8 Å². The zero-order valence-electron chi connectivity index (χ0n) is 11.6. The van der Waals surface area contributed by atoms with Gasteiger partial charge in [-0.15, -0.1) is 0 Å². The molecule has 0 saturated carbocycles. The number of nitrogens with one attached hydrogen (secondary N) is 1. The van der Waals surface area contributed by atoms with Crippen molar-refractivity contribution in [3.05, 3.63) is 34.6 Å². The molecule has 0 fully saturated rings. The third-order valence-electron chi connectivity index (χ3n) is 2.89.